The molecule has 0 amide bonds. The van der Waals surface area contributed by atoms with Gasteiger partial charge in [0.25, 0.3) is 0 Å². The zero-order valence-corrected chi connectivity index (χ0v) is 24.0. The van der Waals surface area contributed by atoms with Gasteiger partial charge in [-0.3, -0.25) is 0 Å². The quantitative estimate of drug-likeness (QED) is 0.129. The van der Waals surface area contributed by atoms with E-state index in [2.05, 4.69) is 38.5 Å². The number of nitrogens with zero attached hydrogens (tertiary/aromatic N) is 3. The van der Waals surface area contributed by atoms with Gasteiger partial charge in [0.15, 0.2) is 0 Å². The monoisotopic (exact) mass is 573 g/mol. The Kier molecular flexibility index (Phi) is 12.8. The van der Waals surface area contributed by atoms with Crippen molar-refractivity contribution in [2.45, 2.75) is 103 Å². The molecule has 3 rings (SSSR count). The van der Waals surface area contributed by atoms with E-state index in [1.807, 2.05) is 18.2 Å². The molecule has 0 spiro atoms. The molecule has 0 saturated heterocycles. The van der Waals surface area contributed by atoms with Crippen molar-refractivity contribution in [3.63, 3.8) is 0 Å². The van der Waals surface area contributed by atoms with Crippen molar-refractivity contribution in [3.8, 4) is 5.75 Å². The second-order valence-corrected chi connectivity index (χ2v) is 11.0. The molecule has 1 aromatic heterocycles. The fourth-order valence-electron chi connectivity index (χ4n) is 4.66. The minimum atomic E-state index is 0.123. The molecule has 0 bridgehead atoms. The molecule has 36 heavy (non-hydrogen) atoms. The van der Waals surface area contributed by atoms with Crippen LogP contribution in [0.25, 0.3) is 11.0 Å². The highest BCUT2D eigenvalue weighted by Gasteiger charge is 2.10. The number of phenols is 1. The lowest BCUT2D eigenvalue weighted by Crippen LogP contribution is -1.98. The highest BCUT2D eigenvalue weighted by molar-refractivity contribution is 9.10. The highest BCUT2D eigenvalue weighted by Crippen LogP contribution is 2.31. The molecule has 0 unspecified atom stereocenters. The van der Waals surface area contributed by atoms with E-state index in [0.29, 0.717) is 21.0 Å². The lowest BCUT2D eigenvalue weighted by molar-refractivity contribution is 0.471. The average molecular weight is 575 g/mol. The van der Waals surface area contributed by atoms with Gasteiger partial charge in [-0.25, -0.2) is 9.98 Å². The van der Waals surface area contributed by atoms with Gasteiger partial charge < -0.3 is 9.67 Å². The second-order valence-electron chi connectivity index (χ2n) is 9.73. The summed E-state index contributed by atoms with van der Waals surface area (Å²) in [4.78, 5) is 9.35. The van der Waals surface area contributed by atoms with Crippen LogP contribution in [0.3, 0.4) is 0 Å². The van der Waals surface area contributed by atoms with Crippen LogP contribution < -0.4 is 0 Å². The summed E-state index contributed by atoms with van der Waals surface area (Å²) in [7, 11) is 0. The van der Waals surface area contributed by atoms with Gasteiger partial charge >= 0.3 is 0 Å². The number of para-hydroxylation sites is 2. The molecule has 2 aromatic carbocycles. The van der Waals surface area contributed by atoms with Crippen LogP contribution in [0.2, 0.25) is 5.02 Å². The number of benzene rings is 2. The molecule has 4 nitrogen and oxygen atoms in total. The zero-order valence-electron chi connectivity index (χ0n) is 21.7. The van der Waals surface area contributed by atoms with Crippen LogP contribution in [0.5, 0.6) is 5.75 Å². The molecular formula is C30H41BrClN3O. The Bertz CT molecular complexity index is 1100. The predicted molar refractivity (Wildman–Crippen MR) is 158 cm³/mol. The fraction of sp³-hybridized carbons (Fsp3) is 0.533. The number of phenolic OH excluding ortho intramolecular Hbond substituents is 1. The average Bonchev–Trinajstić information content (AvgIpc) is 3.23. The summed E-state index contributed by atoms with van der Waals surface area (Å²) in [5.74, 6) is 0.777. The number of hydrogen-bond acceptors (Lipinski definition) is 3. The lowest BCUT2D eigenvalue weighted by Gasteiger charge is -2.07. The molecule has 0 aliphatic rings. The SMILES string of the molecule is CCCCCCCCCCCCCCCCn1c(/N=C/c2cc(Cl)cc(Br)c2O)nc2ccccc21. The predicted octanol–water partition coefficient (Wildman–Crippen LogP) is 10.4. The molecule has 0 radical (unpaired) electrons. The Morgan fingerprint density at radius 3 is 2.11 bits per heavy atom. The van der Waals surface area contributed by atoms with Crippen LogP contribution in [0.4, 0.5) is 5.95 Å². The molecule has 3 aromatic rings. The van der Waals surface area contributed by atoms with Gasteiger partial charge in [-0.15, -0.1) is 0 Å². The van der Waals surface area contributed by atoms with Crippen LogP contribution in [0, 0.1) is 0 Å². The first-order valence-corrected chi connectivity index (χ1v) is 14.9. The number of fused-ring (bicyclic) bond motifs is 1. The van der Waals surface area contributed by atoms with Crippen LogP contribution in [-0.2, 0) is 6.54 Å². The van der Waals surface area contributed by atoms with Crippen molar-refractivity contribution in [1.82, 2.24) is 9.55 Å². The first-order valence-electron chi connectivity index (χ1n) is 13.8. The Morgan fingerprint density at radius 1 is 0.889 bits per heavy atom. The van der Waals surface area contributed by atoms with Crippen molar-refractivity contribution >= 4 is 50.7 Å². The van der Waals surface area contributed by atoms with E-state index in [1.54, 1.807) is 18.3 Å². The second kappa shape index (κ2) is 16.1. The molecule has 0 fully saturated rings. The van der Waals surface area contributed by atoms with E-state index in [9.17, 15) is 5.11 Å². The van der Waals surface area contributed by atoms with Gasteiger partial charge in [0, 0.05) is 23.3 Å². The normalized spacial score (nSPS) is 11.8. The van der Waals surface area contributed by atoms with E-state index in [0.717, 1.165) is 24.0 Å². The Labute approximate surface area is 230 Å². The van der Waals surface area contributed by atoms with Crippen LogP contribution in [-0.4, -0.2) is 20.9 Å². The standard InChI is InChI=1S/C30H41BrClN3O/c1-2-3-4-5-6-7-8-9-10-11-12-13-14-17-20-35-28-19-16-15-18-27(28)34-30(35)33-23-24-21-25(32)22-26(31)29(24)36/h15-16,18-19,21-23,36H,2-14,17,20H2,1H3/b33-23+. The van der Waals surface area contributed by atoms with Crippen molar-refractivity contribution in [2.24, 2.45) is 4.99 Å². The van der Waals surface area contributed by atoms with Crippen LogP contribution in [0.1, 0.15) is 102 Å². The summed E-state index contributed by atoms with van der Waals surface area (Å²) in [5.41, 5.74) is 2.59. The zero-order chi connectivity index (χ0) is 25.6. The number of imidazole rings is 1. The van der Waals surface area contributed by atoms with E-state index in [1.165, 1.54) is 83.5 Å². The van der Waals surface area contributed by atoms with Gasteiger partial charge in [-0.2, -0.15) is 0 Å². The summed E-state index contributed by atoms with van der Waals surface area (Å²) in [5, 5.41) is 10.9. The number of hydrogen-bond donors (Lipinski definition) is 1. The number of aromatic nitrogens is 2. The fourth-order valence-corrected chi connectivity index (χ4v) is 5.49. The number of aliphatic imine (C=N–C) groups is 1. The van der Waals surface area contributed by atoms with E-state index in [-0.39, 0.29) is 5.75 Å². The minimum absolute atomic E-state index is 0.123. The van der Waals surface area contributed by atoms with Crippen molar-refractivity contribution in [1.29, 1.82) is 0 Å². The topological polar surface area (TPSA) is 50.4 Å². The number of aryl methyl sites for hydroxylation is 1. The Balaban J connectivity index is 1.43. The van der Waals surface area contributed by atoms with E-state index < -0.39 is 0 Å². The summed E-state index contributed by atoms with van der Waals surface area (Å²) in [6, 6.07) is 11.5. The third-order valence-electron chi connectivity index (χ3n) is 6.75. The highest BCUT2D eigenvalue weighted by atomic mass is 79.9. The lowest BCUT2D eigenvalue weighted by atomic mass is 10.0. The van der Waals surface area contributed by atoms with Gasteiger partial charge in [-0.05, 0) is 46.6 Å². The van der Waals surface area contributed by atoms with E-state index in [4.69, 9.17) is 16.6 Å². The third-order valence-corrected chi connectivity index (χ3v) is 7.57. The number of aromatic hydroxyl groups is 1. The largest absolute Gasteiger partial charge is 0.506 e. The van der Waals surface area contributed by atoms with E-state index >= 15 is 0 Å². The minimum Gasteiger partial charge on any atom is -0.506 e. The third kappa shape index (κ3) is 9.23. The summed E-state index contributed by atoms with van der Waals surface area (Å²) in [6.07, 6.45) is 20.5. The van der Waals surface area contributed by atoms with Crippen molar-refractivity contribution in [2.75, 3.05) is 0 Å². The Morgan fingerprint density at radius 2 is 1.47 bits per heavy atom. The van der Waals surface area contributed by atoms with Crippen LogP contribution >= 0.6 is 27.5 Å². The van der Waals surface area contributed by atoms with Crippen molar-refractivity contribution < 1.29 is 5.11 Å². The maximum atomic E-state index is 10.3. The molecule has 1 N–H and O–H groups in total. The molecule has 0 atom stereocenters. The van der Waals surface area contributed by atoms with Gasteiger partial charge in [0.1, 0.15) is 5.75 Å². The summed E-state index contributed by atoms with van der Waals surface area (Å²) < 4.78 is 2.73. The maximum Gasteiger partial charge on any atom is 0.230 e. The smallest absolute Gasteiger partial charge is 0.230 e. The number of rotatable bonds is 17. The molecule has 1 heterocycles. The molecule has 196 valence electrons. The van der Waals surface area contributed by atoms with Gasteiger partial charge in [-0.1, -0.05) is 114 Å². The van der Waals surface area contributed by atoms with Crippen LogP contribution in [0.15, 0.2) is 45.9 Å². The maximum absolute atomic E-state index is 10.3. The first kappa shape index (κ1) is 28.7. The molecular weight excluding hydrogens is 534 g/mol. The first-order chi connectivity index (χ1) is 17.6. The number of halogens is 2. The number of unbranched alkanes of at least 4 members (excludes halogenated alkanes) is 13. The molecule has 6 heteroatoms. The van der Waals surface area contributed by atoms with Gasteiger partial charge in [0.05, 0.1) is 15.5 Å². The summed E-state index contributed by atoms with van der Waals surface area (Å²) >= 11 is 9.48. The van der Waals surface area contributed by atoms with Crippen molar-refractivity contribution in [3.05, 3.63) is 51.5 Å². The Hall–Kier alpha value is -1.85. The summed E-state index contributed by atoms with van der Waals surface area (Å²) in [6.45, 7) is 3.17. The molecule has 0 aliphatic carbocycles. The van der Waals surface area contributed by atoms with Gasteiger partial charge in [0.2, 0.25) is 5.95 Å². The molecule has 0 saturated carbocycles. The molecule has 0 aliphatic heterocycles.